The van der Waals surface area contributed by atoms with Crippen LogP contribution in [0.4, 0.5) is 0 Å². The van der Waals surface area contributed by atoms with E-state index in [0.717, 1.165) is 67.1 Å². The Morgan fingerprint density at radius 3 is 1.47 bits per heavy atom. The monoisotopic (exact) mass is 997 g/mol. The first-order valence-corrected chi connectivity index (χ1v) is 23.5. The fraction of sp³-hybridized carbons (Fsp3) is 0.434. The number of H-pyrrole nitrogens is 2. The van der Waals surface area contributed by atoms with E-state index in [1.165, 1.54) is 7.11 Å². The van der Waals surface area contributed by atoms with Crippen LogP contribution in [-0.4, -0.2) is 113 Å². The van der Waals surface area contributed by atoms with Gasteiger partial charge < -0.3 is 52.6 Å². The average molecular weight is 997 g/mol. The molecule has 0 amide bonds. The Morgan fingerprint density at radius 2 is 0.986 bits per heavy atom. The predicted octanol–water partition coefficient (Wildman–Crippen LogP) is 10.7. The largest absolute Gasteiger partial charge is 0.497 e. The van der Waals surface area contributed by atoms with Crippen LogP contribution in [0.3, 0.4) is 0 Å². The maximum absolute atomic E-state index is 12.1. The van der Waals surface area contributed by atoms with Gasteiger partial charge in [0, 0.05) is 56.1 Å². The number of fused-ring (bicyclic) bond motifs is 4. The van der Waals surface area contributed by atoms with E-state index in [0.29, 0.717) is 32.3 Å². The molecule has 0 spiro atoms. The third-order valence-electron chi connectivity index (χ3n) is 10.3. The van der Waals surface area contributed by atoms with Crippen molar-refractivity contribution in [1.82, 2.24) is 39.0 Å². The number of imidazole rings is 4. The van der Waals surface area contributed by atoms with E-state index in [2.05, 4.69) is 34.6 Å². The molecule has 0 aliphatic carbocycles. The standard InChI is InChI=1S/2C13H18N2O3.C13H16N2O2.C8H8N2O.C6H12O2/c1-4-17-13(18-5-2)15-9-14-11-8-10(16-3)6-7-12(11)15;1-4-17-13(18-5-2)15-9-14-11-7-6-10(16-3)8-12(11)15;1-13(2,3)11(16)12-14-9-6-5-8(17-4)7-10(9)15-12;1-11-6-2-3-7-8(4-6)10-5-9-7;1-6(2,3)5(7)8-4/h2*6-9,13H,4-5H2,1-3H3;5-7H,1-4H3,(H,14,15);2-5H,1H3,(H,9,10);1-4H3. The number of benzene rings is 4. The highest BCUT2D eigenvalue weighted by molar-refractivity contribution is 5.99. The number of Topliss-reactive ketones (excluding diaryl/α,β-unsaturated/α-hetero) is 1. The molecule has 72 heavy (non-hydrogen) atoms. The average Bonchev–Trinajstić information content (AvgIpc) is 4.21. The smallest absolute Gasteiger partial charge is 0.310 e. The van der Waals surface area contributed by atoms with Crippen molar-refractivity contribution in [3.63, 3.8) is 0 Å². The summed E-state index contributed by atoms with van der Waals surface area (Å²) in [6, 6.07) is 22.7. The van der Waals surface area contributed by atoms with Gasteiger partial charge in [-0.25, -0.2) is 19.9 Å². The lowest BCUT2D eigenvalue weighted by Crippen LogP contribution is -2.21. The molecule has 0 aliphatic heterocycles. The molecule has 0 fully saturated rings. The second-order valence-electron chi connectivity index (χ2n) is 17.5. The van der Waals surface area contributed by atoms with Gasteiger partial charge in [0.05, 0.1) is 104 Å². The number of nitrogens with zero attached hydrogens (tertiary/aromatic N) is 6. The summed E-state index contributed by atoms with van der Waals surface area (Å²) in [7, 11) is 7.94. The molecule has 0 unspecified atom stereocenters. The van der Waals surface area contributed by atoms with Gasteiger partial charge in [0.1, 0.15) is 23.0 Å². The minimum absolute atomic E-state index is 0.00710. The second kappa shape index (κ2) is 27.5. The van der Waals surface area contributed by atoms with Gasteiger partial charge in [0.2, 0.25) is 18.6 Å². The van der Waals surface area contributed by atoms with E-state index in [4.69, 9.17) is 37.9 Å². The predicted molar refractivity (Wildman–Crippen MR) is 278 cm³/mol. The summed E-state index contributed by atoms with van der Waals surface area (Å²) >= 11 is 0. The van der Waals surface area contributed by atoms with E-state index >= 15 is 0 Å². The van der Waals surface area contributed by atoms with Crippen LogP contribution in [0, 0.1) is 10.8 Å². The van der Waals surface area contributed by atoms with E-state index < -0.39 is 18.2 Å². The van der Waals surface area contributed by atoms with Gasteiger partial charge in [-0.05, 0) is 97.0 Å². The van der Waals surface area contributed by atoms with Crippen molar-refractivity contribution in [2.45, 2.75) is 82.1 Å². The van der Waals surface area contributed by atoms with Crippen molar-refractivity contribution in [2.75, 3.05) is 62.0 Å². The highest BCUT2D eigenvalue weighted by atomic mass is 16.7. The number of nitrogens with one attached hydrogen (secondary N) is 2. The van der Waals surface area contributed by atoms with Crippen LogP contribution in [0.1, 0.15) is 92.7 Å². The van der Waals surface area contributed by atoms with Gasteiger partial charge in [0.15, 0.2) is 5.82 Å². The molecule has 4 aromatic heterocycles. The van der Waals surface area contributed by atoms with Crippen molar-refractivity contribution < 1.29 is 52.2 Å². The van der Waals surface area contributed by atoms with Crippen molar-refractivity contribution in [3.05, 3.63) is 97.6 Å². The second-order valence-corrected chi connectivity index (χ2v) is 17.5. The summed E-state index contributed by atoms with van der Waals surface area (Å²) < 4.78 is 51.0. The van der Waals surface area contributed by atoms with Crippen LogP contribution in [0.25, 0.3) is 44.1 Å². The molecule has 0 radical (unpaired) electrons. The third-order valence-corrected chi connectivity index (χ3v) is 10.3. The van der Waals surface area contributed by atoms with E-state index in [1.54, 1.807) is 47.4 Å². The number of aromatic nitrogens is 8. The van der Waals surface area contributed by atoms with E-state index in [9.17, 15) is 9.59 Å². The van der Waals surface area contributed by atoms with Gasteiger partial charge in [-0.2, -0.15) is 0 Å². The number of hydrogen-bond acceptors (Lipinski definition) is 15. The fourth-order valence-electron chi connectivity index (χ4n) is 6.52. The van der Waals surface area contributed by atoms with Gasteiger partial charge in [-0.3, -0.25) is 18.7 Å². The maximum atomic E-state index is 12.1. The highest BCUT2D eigenvalue weighted by Crippen LogP contribution is 2.27. The molecule has 390 valence electrons. The van der Waals surface area contributed by atoms with E-state index in [1.807, 2.05) is 151 Å². The number of methoxy groups -OCH3 is 5. The zero-order valence-corrected chi connectivity index (χ0v) is 44.3. The molecule has 0 bridgehead atoms. The van der Waals surface area contributed by atoms with Crippen LogP contribution in [-0.2, 0) is 28.5 Å². The summed E-state index contributed by atoms with van der Waals surface area (Å²) in [4.78, 5) is 45.8. The molecule has 0 saturated carbocycles. The summed E-state index contributed by atoms with van der Waals surface area (Å²) in [5.74, 6) is 3.41. The molecular formula is C53H72N8O11. The maximum Gasteiger partial charge on any atom is 0.310 e. The minimum atomic E-state index is -0.447. The highest BCUT2D eigenvalue weighted by Gasteiger charge is 2.26. The molecule has 19 nitrogen and oxygen atoms in total. The topological polar surface area (TPSA) is 210 Å². The quantitative estimate of drug-likeness (QED) is 0.0556. The summed E-state index contributed by atoms with van der Waals surface area (Å²) in [6.45, 7) is 21.2. The van der Waals surface area contributed by atoms with Crippen LogP contribution >= 0.6 is 0 Å². The van der Waals surface area contributed by atoms with E-state index in [-0.39, 0.29) is 17.2 Å². The molecule has 4 aromatic carbocycles. The molecule has 0 saturated heterocycles. The Balaban J connectivity index is 0.000000201. The Bertz CT molecular complexity index is 2900. The Labute approximate surface area is 421 Å². The number of carbonyl (C=O) groups is 2. The molecule has 19 heteroatoms. The molecule has 0 atom stereocenters. The Morgan fingerprint density at radius 1 is 0.528 bits per heavy atom. The minimum Gasteiger partial charge on any atom is -0.497 e. The van der Waals surface area contributed by atoms with Crippen molar-refractivity contribution in [3.8, 4) is 23.0 Å². The van der Waals surface area contributed by atoms with Crippen LogP contribution < -0.4 is 18.9 Å². The molecule has 8 aromatic rings. The lowest BCUT2D eigenvalue weighted by molar-refractivity contribution is -0.184. The first-order valence-electron chi connectivity index (χ1n) is 23.5. The van der Waals surface area contributed by atoms with Gasteiger partial charge in [0.25, 0.3) is 0 Å². The molecule has 8 rings (SSSR count). The number of carbonyl (C=O) groups excluding carboxylic acids is 2. The van der Waals surface area contributed by atoms with Crippen molar-refractivity contribution in [2.24, 2.45) is 10.8 Å². The number of rotatable bonds is 15. The number of hydrogen-bond donors (Lipinski definition) is 2. The fourth-order valence-corrected chi connectivity index (χ4v) is 6.52. The zero-order chi connectivity index (χ0) is 53.0. The number of ether oxygens (including phenoxy) is 9. The van der Waals surface area contributed by atoms with Gasteiger partial charge >= 0.3 is 5.97 Å². The van der Waals surface area contributed by atoms with Crippen LogP contribution in [0.15, 0.2) is 91.8 Å². The zero-order valence-electron chi connectivity index (χ0n) is 44.3. The molecule has 4 heterocycles. The van der Waals surface area contributed by atoms with Crippen molar-refractivity contribution >= 4 is 55.9 Å². The van der Waals surface area contributed by atoms with Crippen molar-refractivity contribution in [1.29, 1.82) is 0 Å². The lowest BCUT2D eigenvalue weighted by Gasteiger charge is -2.18. The SMILES string of the molecule is CCOC(OCC)n1cnc2cc(OC)ccc21.CCOC(OCC)n1cnc2ccc(OC)cc21.COC(=O)C(C)(C)C.COc1ccc2nc(C(=O)C(C)(C)C)[nH]c2c1.COc1ccc2nc[nH]c2c1. The number of esters is 1. The normalized spacial score (nSPS) is 11.2. The summed E-state index contributed by atoms with van der Waals surface area (Å²) in [6.07, 6.45) is 4.24. The van der Waals surface area contributed by atoms with Crippen LogP contribution in [0.2, 0.25) is 0 Å². The number of aromatic amines is 2. The summed E-state index contributed by atoms with van der Waals surface area (Å²) in [5.41, 5.74) is 6.42. The first-order chi connectivity index (χ1) is 34.4. The van der Waals surface area contributed by atoms with Crippen LogP contribution in [0.5, 0.6) is 23.0 Å². The molecular weight excluding hydrogens is 925 g/mol. The lowest BCUT2D eigenvalue weighted by atomic mass is 9.90. The first kappa shape index (κ1) is 57.5. The molecule has 0 aliphatic rings. The number of ketones is 1. The summed E-state index contributed by atoms with van der Waals surface area (Å²) in [5, 5.41) is 0. The Kier molecular flexibility index (Phi) is 22.0. The van der Waals surface area contributed by atoms with Gasteiger partial charge in [-0.1, -0.05) is 20.8 Å². The van der Waals surface area contributed by atoms with Gasteiger partial charge in [-0.15, -0.1) is 0 Å². The Hall–Kier alpha value is -7.06. The molecule has 2 N–H and O–H groups in total. The third kappa shape index (κ3) is 16.0.